The highest BCUT2D eigenvalue weighted by atomic mass is 32.2. The van der Waals surface area contributed by atoms with Crippen molar-refractivity contribution >= 4 is 33.6 Å². The van der Waals surface area contributed by atoms with Crippen LogP contribution in [0.1, 0.15) is 55.2 Å². The lowest BCUT2D eigenvalue weighted by molar-refractivity contribution is -0.136. The zero-order chi connectivity index (χ0) is 25.7. The predicted molar refractivity (Wildman–Crippen MR) is 132 cm³/mol. The quantitative estimate of drug-likeness (QED) is 0.561. The van der Waals surface area contributed by atoms with Gasteiger partial charge in [0.15, 0.2) is 0 Å². The molecule has 190 valence electrons. The first-order valence-corrected chi connectivity index (χ1v) is 13.9. The van der Waals surface area contributed by atoms with E-state index < -0.39 is 33.5 Å². The van der Waals surface area contributed by atoms with Crippen LogP contribution in [-0.2, 0) is 36.5 Å². The third-order valence-electron chi connectivity index (χ3n) is 7.35. The third-order valence-corrected chi connectivity index (χ3v) is 7.95. The van der Waals surface area contributed by atoms with E-state index >= 15 is 0 Å². The van der Waals surface area contributed by atoms with Crippen molar-refractivity contribution in [3.05, 3.63) is 65.2 Å². The fourth-order valence-electron chi connectivity index (χ4n) is 5.43. The zero-order valence-corrected chi connectivity index (χ0v) is 21.0. The molecule has 3 aliphatic rings. The number of sulfonamides is 1. The average molecular weight is 512 g/mol. The van der Waals surface area contributed by atoms with Gasteiger partial charge in [-0.25, -0.2) is 13.2 Å². The van der Waals surface area contributed by atoms with Crippen molar-refractivity contribution in [2.45, 2.75) is 56.7 Å². The minimum absolute atomic E-state index is 0.0579. The summed E-state index contributed by atoms with van der Waals surface area (Å²) in [5.41, 5.74) is 0.939. The normalized spacial score (nSPS) is 23.7. The van der Waals surface area contributed by atoms with E-state index in [1.54, 1.807) is 12.1 Å². The van der Waals surface area contributed by atoms with E-state index in [4.69, 9.17) is 4.74 Å². The van der Waals surface area contributed by atoms with Gasteiger partial charge < -0.3 is 9.64 Å². The number of ether oxygens (including phenoxy) is 1. The Morgan fingerprint density at radius 2 is 1.92 bits per heavy atom. The average Bonchev–Trinajstić information content (AvgIpc) is 3.56. The number of alkyl carbamates (subject to hydrolysis) is 1. The number of nitrogens with zero attached hydrogens (tertiary/aromatic N) is 1. The first-order valence-electron chi connectivity index (χ1n) is 12.1. The van der Waals surface area contributed by atoms with Crippen LogP contribution in [0.2, 0.25) is 0 Å². The van der Waals surface area contributed by atoms with Gasteiger partial charge in [-0.05, 0) is 54.9 Å². The van der Waals surface area contributed by atoms with Crippen molar-refractivity contribution < 1.29 is 27.5 Å². The van der Waals surface area contributed by atoms with Crippen molar-refractivity contribution in [1.82, 2.24) is 10.2 Å². The predicted octanol–water partition coefficient (Wildman–Crippen LogP) is 3.22. The lowest BCUT2D eigenvalue weighted by atomic mass is 9.93. The number of fused-ring (bicyclic) bond motifs is 2. The first kappa shape index (κ1) is 24.3. The summed E-state index contributed by atoms with van der Waals surface area (Å²) in [7, 11) is -3.53. The molecule has 0 bridgehead atoms. The molecule has 3 atom stereocenters. The maximum atomic E-state index is 13.8. The number of rotatable bonds is 8. The molecule has 5 rings (SSSR count). The van der Waals surface area contributed by atoms with E-state index in [9.17, 15) is 22.8 Å². The van der Waals surface area contributed by atoms with Gasteiger partial charge in [0.2, 0.25) is 21.5 Å². The third kappa shape index (κ3) is 4.69. The fraction of sp³-hybridized carbons (Fsp3) is 0.423. The van der Waals surface area contributed by atoms with Crippen LogP contribution >= 0.6 is 0 Å². The van der Waals surface area contributed by atoms with Crippen molar-refractivity contribution in [3.63, 3.8) is 0 Å². The van der Waals surface area contributed by atoms with Gasteiger partial charge in [0, 0.05) is 36.7 Å². The molecule has 1 spiro atoms. The number of carbonyl (C=O) groups excluding carboxylic acids is 3. The summed E-state index contributed by atoms with van der Waals surface area (Å²) in [6.07, 6.45) is 2.62. The lowest BCUT2D eigenvalue weighted by Gasteiger charge is -2.31. The maximum Gasteiger partial charge on any atom is 0.415 e. The molecule has 10 heteroatoms. The van der Waals surface area contributed by atoms with Crippen LogP contribution in [-0.4, -0.2) is 43.5 Å². The Labute approximate surface area is 210 Å². The van der Waals surface area contributed by atoms with Crippen molar-refractivity contribution in [2.75, 3.05) is 11.0 Å². The van der Waals surface area contributed by atoms with Crippen molar-refractivity contribution in [3.8, 4) is 0 Å². The van der Waals surface area contributed by atoms with Gasteiger partial charge in [-0.3, -0.25) is 19.6 Å². The number of amides is 3. The Kier molecular flexibility index (Phi) is 6.02. The summed E-state index contributed by atoms with van der Waals surface area (Å²) in [5, 5.41) is 2.21. The Morgan fingerprint density at radius 3 is 2.53 bits per heavy atom. The monoisotopic (exact) mass is 511 g/mol. The molecule has 1 saturated carbocycles. The molecule has 2 N–H and O–H groups in total. The zero-order valence-electron chi connectivity index (χ0n) is 20.2. The van der Waals surface area contributed by atoms with E-state index in [1.165, 1.54) is 6.07 Å². The molecule has 2 aromatic carbocycles. The van der Waals surface area contributed by atoms with Gasteiger partial charge in [-0.2, -0.15) is 0 Å². The Balaban J connectivity index is 1.46. The van der Waals surface area contributed by atoms with Crippen LogP contribution in [0.25, 0.3) is 0 Å². The summed E-state index contributed by atoms with van der Waals surface area (Å²) in [6, 6.07) is 14.6. The number of imide groups is 1. The molecular formula is C26H29N3O6S. The molecular weight excluding hydrogens is 482 g/mol. The van der Waals surface area contributed by atoms with E-state index in [-0.39, 0.29) is 24.8 Å². The van der Waals surface area contributed by atoms with E-state index in [0.717, 1.165) is 24.7 Å². The summed E-state index contributed by atoms with van der Waals surface area (Å²) < 4.78 is 31.6. The molecule has 1 saturated heterocycles. The van der Waals surface area contributed by atoms with Crippen LogP contribution in [0.4, 0.5) is 10.5 Å². The standard InChI is InChI=1S/C26H29N3O6S/c1-16(18-8-9-18)29(15-17-6-4-3-5-7-17)23(30)12-19-14-26(24(31)27-25(32)35-26)22-11-10-20(13-21(19)22)28-36(2,33)34/h3-7,10-11,13,16,18-19,28H,8-9,12,14-15H2,1-2H3,(H,27,31,32)/t16-,19?,26?/m0/s1. The SMILES string of the molecule is C[C@@H](C1CC1)N(Cc1ccccc1)C(=O)CC1CC2(OC(=O)NC2=O)c2ccc(NS(C)(=O)=O)cc21. The lowest BCUT2D eigenvalue weighted by Crippen LogP contribution is -2.40. The Morgan fingerprint density at radius 1 is 1.19 bits per heavy atom. The molecule has 0 radical (unpaired) electrons. The molecule has 2 aromatic rings. The second-order valence-corrected chi connectivity index (χ2v) is 11.8. The van der Waals surface area contributed by atoms with Crippen LogP contribution in [0.3, 0.4) is 0 Å². The molecule has 3 amide bonds. The van der Waals surface area contributed by atoms with Crippen molar-refractivity contribution in [2.24, 2.45) is 5.92 Å². The first-order chi connectivity index (χ1) is 17.1. The summed E-state index contributed by atoms with van der Waals surface area (Å²) in [6.45, 7) is 2.55. The topological polar surface area (TPSA) is 122 Å². The van der Waals surface area contributed by atoms with Crippen LogP contribution in [0.5, 0.6) is 0 Å². The van der Waals surface area contributed by atoms with Crippen molar-refractivity contribution in [1.29, 1.82) is 0 Å². The second-order valence-electron chi connectivity index (χ2n) is 10.0. The van der Waals surface area contributed by atoms with E-state index in [1.807, 2.05) is 35.2 Å². The van der Waals surface area contributed by atoms with Crippen LogP contribution in [0, 0.1) is 5.92 Å². The van der Waals surface area contributed by atoms with Gasteiger partial charge in [0.1, 0.15) is 0 Å². The number of hydrogen-bond donors (Lipinski definition) is 2. The molecule has 2 unspecified atom stereocenters. The number of benzene rings is 2. The van der Waals surface area contributed by atoms with E-state index in [0.29, 0.717) is 29.3 Å². The van der Waals surface area contributed by atoms with Gasteiger partial charge in [0.25, 0.3) is 5.91 Å². The molecule has 9 nitrogen and oxygen atoms in total. The highest BCUT2D eigenvalue weighted by Crippen LogP contribution is 2.51. The largest absolute Gasteiger partial charge is 0.427 e. The van der Waals surface area contributed by atoms with Crippen LogP contribution in [0.15, 0.2) is 48.5 Å². The molecule has 1 aliphatic heterocycles. The van der Waals surface area contributed by atoms with Gasteiger partial charge in [-0.15, -0.1) is 0 Å². The van der Waals surface area contributed by atoms with Gasteiger partial charge in [0.05, 0.1) is 6.26 Å². The number of hydrogen-bond acceptors (Lipinski definition) is 6. The number of nitrogens with one attached hydrogen (secondary N) is 2. The van der Waals surface area contributed by atoms with E-state index in [2.05, 4.69) is 17.0 Å². The smallest absolute Gasteiger partial charge is 0.415 e. The summed E-state index contributed by atoms with van der Waals surface area (Å²) in [4.78, 5) is 40.5. The molecule has 36 heavy (non-hydrogen) atoms. The summed E-state index contributed by atoms with van der Waals surface area (Å²) in [5.74, 6) is -0.598. The van der Waals surface area contributed by atoms with Gasteiger partial charge >= 0.3 is 6.09 Å². The molecule has 1 heterocycles. The highest BCUT2D eigenvalue weighted by Gasteiger charge is 2.57. The minimum Gasteiger partial charge on any atom is -0.427 e. The molecule has 0 aromatic heterocycles. The Bertz CT molecular complexity index is 1320. The summed E-state index contributed by atoms with van der Waals surface area (Å²) >= 11 is 0. The highest BCUT2D eigenvalue weighted by molar-refractivity contribution is 7.92. The Hall–Kier alpha value is -3.40. The maximum absolute atomic E-state index is 13.8. The minimum atomic E-state index is -3.53. The van der Waals surface area contributed by atoms with Crippen LogP contribution < -0.4 is 10.0 Å². The molecule has 2 fully saturated rings. The van der Waals surface area contributed by atoms with Gasteiger partial charge in [-0.1, -0.05) is 36.4 Å². The number of carbonyl (C=O) groups is 3. The second kappa shape index (κ2) is 8.92. The molecule has 2 aliphatic carbocycles. The number of anilines is 1. The fourth-order valence-corrected chi connectivity index (χ4v) is 5.99.